The van der Waals surface area contributed by atoms with Crippen LogP contribution in [-0.2, 0) is 12.8 Å². The lowest BCUT2D eigenvalue weighted by Gasteiger charge is -2.07. The number of hydrogen-bond acceptors (Lipinski definition) is 4. The third-order valence-corrected chi connectivity index (χ3v) is 4.23. The van der Waals surface area contributed by atoms with Crippen LogP contribution in [0.1, 0.15) is 28.0 Å². The third-order valence-electron chi connectivity index (χ3n) is 4.23. The molecular formula is C22H24N4O. The maximum atomic E-state index is 12.1. The number of anilines is 1. The summed E-state index contributed by atoms with van der Waals surface area (Å²) in [5, 5.41) is 14.2. The molecule has 1 amide bonds. The summed E-state index contributed by atoms with van der Waals surface area (Å²) in [7, 11) is 0. The van der Waals surface area contributed by atoms with Crippen LogP contribution >= 0.6 is 0 Å². The molecule has 5 heteroatoms. The summed E-state index contributed by atoms with van der Waals surface area (Å²) < 4.78 is 0. The van der Waals surface area contributed by atoms with E-state index in [0.717, 1.165) is 25.8 Å². The SMILES string of the molecule is O=C(NCCCc1ccccc1)c1ccc(NCCc2ccccc2)nn1. The number of carbonyl (C=O) groups excluding carboxylic acids is 1. The van der Waals surface area contributed by atoms with Crippen LogP contribution in [-0.4, -0.2) is 29.2 Å². The highest BCUT2D eigenvalue weighted by Gasteiger charge is 2.07. The number of nitrogens with zero attached hydrogens (tertiary/aromatic N) is 2. The van der Waals surface area contributed by atoms with E-state index < -0.39 is 0 Å². The number of amides is 1. The van der Waals surface area contributed by atoms with Crippen LogP contribution in [0.4, 0.5) is 5.82 Å². The first kappa shape index (κ1) is 18.6. The van der Waals surface area contributed by atoms with Crippen LogP contribution in [0.15, 0.2) is 72.8 Å². The highest BCUT2D eigenvalue weighted by Crippen LogP contribution is 2.05. The number of benzene rings is 2. The number of carbonyl (C=O) groups is 1. The van der Waals surface area contributed by atoms with Crippen LogP contribution < -0.4 is 10.6 Å². The normalized spacial score (nSPS) is 10.4. The number of hydrogen-bond donors (Lipinski definition) is 2. The van der Waals surface area contributed by atoms with Crippen molar-refractivity contribution in [1.82, 2.24) is 15.5 Å². The van der Waals surface area contributed by atoms with Gasteiger partial charge in [-0.25, -0.2) is 0 Å². The smallest absolute Gasteiger partial charge is 0.271 e. The van der Waals surface area contributed by atoms with Gasteiger partial charge in [-0.15, -0.1) is 10.2 Å². The Balaban J connectivity index is 1.38. The fraction of sp³-hybridized carbons (Fsp3) is 0.227. The molecule has 0 saturated heterocycles. The Hall–Kier alpha value is -3.21. The van der Waals surface area contributed by atoms with Gasteiger partial charge in [0.1, 0.15) is 5.82 Å². The Morgan fingerprint density at radius 3 is 2.04 bits per heavy atom. The van der Waals surface area contributed by atoms with Crippen molar-refractivity contribution in [2.75, 3.05) is 18.4 Å². The van der Waals surface area contributed by atoms with Gasteiger partial charge >= 0.3 is 0 Å². The summed E-state index contributed by atoms with van der Waals surface area (Å²) >= 11 is 0. The zero-order valence-electron chi connectivity index (χ0n) is 15.3. The van der Waals surface area contributed by atoms with Crippen molar-refractivity contribution >= 4 is 11.7 Å². The number of aryl methyl sites for hydroxylation is 1. The lowest BCUT2D eigenvalue weighted by Crippen LogP contribution is -2.26. The minimum absolute atomic E-state index is 0.189. The molecular weight excluding hydrogens is 336 g/mol. The van der Waals surface area contributed by atoms with E-state index in [0.29, 0.717) is 18.1 Å². The monoisotopic (exact) mass is 360 g/mol. The van der Waals surface area contributed by atoms with Gasteiger partial charge in [0.05, 0.1) is 0 Å². The molecule has 0 atom stereocenters. The van der Waals surface area contributed by atoms with E-state index in [2.05, 4.69) is 45.1 Å². The van der Waals surface area contributed by atoms with Crippen LogP contribution in [0.2, 0.25) is 0 Å². The summed E-state index contributed by atoms with van der Waals surface area (Å²) in [5.41, 5.74) is 2.88. The molecule has 1 aromatic heterocycles. The Morgan fingerprint density at radius 2 is 1.41 bits per heavy atom. The van der Waals surface area contributed by atoms with Crippen molar-refractivity contribution in [2.45, 2.75) is 19.3 Å². The van der Waals surface area contributed by atoms with Crippen LogP contribution in [0.25, 0.3) is 0 Å². The predicted molar refractivity (Wildman–Crippen MR) is 108 cm³/mol. The largest absolute Gasteiger partial charge is 0.368 e. The van der Waals surface area contributed by atoms with Crippen molar-refractivity contribution in [3.63, 3.8) is 0 Å². The molecule has 138 valence electrons. The third kappa shape index (κ3) is 6.22. The highest BCUT2D eigenvalue weighted by atomic mass is 16.1. The summed E-state index contributed by atoms with van der Waals surface area (Å²) in [6, 6.07) is 24.0. The number of nitrogens with one attached hydrogen (secondary N) is 2. The molecule has 1 heterocycles. The van der Waals surface area contributed by atoms with Crippen molar-refractivity contribution in [3.05, 3.63) is 89.6 Å². The zero-order chi connectivity index (χ0) is 18.7. The molecule has 2 N–H and O–H groups in total. The summed E-state index contributed by atoms with van der Waals surface area (Å²) in [6.07, 6.45) is 2.74. The molecule has 2 aromatic carbocycles. The molecule has 0 radical (unpaired) electrons. The summed E-state index contributed by atoms with van der Waals surface area (Å²) in [5.74, 6) is 0.484. The topological polar surface area (TPSA) is 66.9 Å². The standard InChI is InChI=1S/C22H24N4O/c27-22(24-16-7-12-18-8-3-1-4-9-18)20-13-14-21(26-25-20)23-17-15-19-10-5-2-6-11-19/h1-6,8-11,13-14H,7,12,15-17H2,(H,23,26)(H,24,27). The maximum absolute atomic E-state index is 12.1. The number of rotatable bonds is 9. The lowest BCUT2D eigenvalue weighted by molar-refractivity contribution is 0.0947. The van der Waals surface area contributed by atoms with E-state index in [4.69, 9.17) is 0 Å². The van der Waals surface area contributed by atoms with Gasteiger partial charge < -0.3 is 10.6 Å². The predicted octanol–water partition coefficient (Wildman–Crippen LogP) is 3.49. The molecule has 0 spiro atoms. The van der Waals surface area contributed by atoms with Gasteiger partial charge in [-0.1, -0.05) is 60.7 Å². The van der Waals surface area contributed by atoms with E-state index in [1.807, 2.05) is 36.4 Å². The van der Waals surface area contributed by atoms with E-state index in [1.165, 1.54) is 11.1 Å². The van der Waals surface area contributed by atoms with Crippen molar-refractivity contribution < 1.29 is 4.79 Å². The number of aromatic nitrogens is 2. The molecule has 0 aliphatic heterocycles. The minimum atomic E-state index is -0.189. The Labute approximate surface area is 159 Å². The van der Waals surface area contributed by atoms with Crippen LogP contribution in [0.3, 0.4) is 0 Å². The van der Waals surface area contributed by atoms with E-state index in [-0.39, 0.29) is 5.91 Å². The van der Waals surface area contributed by atoms with Gasteiger partial charge in [-0.2, -0.15) is 0 Å². The molecule has 0 aliphatic rings. The summed E-state index contributed by atoms with van der Waals surface area (Å²) in [6.45, 7) is 1.39. The average molecular weight is 360 g/mol. The van der Waals surface area contributed by atoms with E-state index in [9.17, 15) is 4.79 Å². The van der Waals surface area contributed by atoms with Gasteiger partial charge in [0.2, 0.25) is 0 Å². The van der Waals surface area contributed by atoms with Crippen molar-refractivity contribution in [1.29, 1.82) is 0 Å². The maximum Gasteiger partial charge on any atom is 0.271 e. The quantitative estimate of drug-likeness (QED) is 0.573. The first-order valence-electron chi connectivity index (χ1n) is 9.25. The van der Waals surface area contributed by atoms with Gasteiger partial charge in [0, 0.05) is 13.1 Å². The molecule has 0 saturated carbocycles. The molecule has 0 aliphatic carbocycles. The fourth-order valence-electron chi connectivity index (χ4n) is 2.76. The minimum Gasteiger partial charge on any atom is -0.368 e. The zero-order valence-corrected chi connectivity index (χ0v) is 15.3. The Morgan fingerprint density at radius 1 is 0.741 bits per heavy atom. The molecule has 3 rings (SSSR count). The highest BCUT2D eigenvalue weighted by molar-refractivity contribution is 5.92. The molecule has 5 nitrogen and oxygen atoms in total. The fourth-order valence-corrected chi connectivity index (χ4v) is 2.76. The molecule has 0 bridgehead atoms. The molecule has 27 heavy (non-hydrogen) atoms. The Bertz CT molecular complexity index is 820. The van der Waals surface area contributed by atoms with E-state index >= 15 is 0 Å². The lowest BCUT2D eigenvalue weighted by atomic mass is 10.1. The molecule has 3 aromatic rings. The molecule has 0 fully saturated rings. The van der Waals surface area contributed by atoms with Crippen molar-refractivity contribution in [3.8, 4) is 0 Å². The van der Waals surface area contributed by atoms with Crippen molar-refractivity contribution in [2.24, 2.45) is 0 Å². The van der Waals surface area contributed by atoms with Crippen LogP contribution in [0, 0.1) is 0 Å². The Kier molecular flexibility index (Phi) is 6.92. The van der Waals surface area contributed by atoms with Gasteiger partial charge in [-0.3, -0.25) is 4.79 Å². The first-order valence-corrected chi connectivity index (χ1v) is 9.25. The summed E-state index contributed by atoms with van der Waals surface area (Å²) in [4.78, 5) is 12.1. The molecule has 0 unspecified atom stereocenters. The second kappa shape index (κ2) is 10.1. The van der Waals surface area contributed by atoms with Crippen LogP contribution in [0.5, 0.6) is 0 Å². The van der Waals surface area contributed by atoms with Gasteiger partial charge in [0.25, 0.3) is 5.91 Å². The second-order valence-electron chi connectivity index (χ2n) is 6.31. The van der Waals surface area contributed by atoms with Gasteiger partial charge in [-0.05, 0) is 42.5 Å². The van der Waals surface area contributed by atoms with Gasteiger partial charge in [0.15, 0.2) is 5.69 Å². The van der Waals surface area contributed by atoms with E-state index in [1.54, 1.807) is 12.1 Å². The first-order chi connectivity index (χ1) is 13.3. The average Bonchev–Trinajstić information content (AvgIpc) is 2.73. The second-order valence-corrected chi connectivity index (χ2v) is 6.31.